The van der Waals surface area contributed by atoms with Crippen molar-refractivity contribution in [1.82, 2.24) is 4.98 Å². The number of hydrogen-bond donors (Lipinski definition) is 0. The monoisotopic (exact) mass is 239 g/mol. The van der Waals surface area contributed by atoms with Crippen LogP contribution in [0.3, 0.4) is 0 Å². The Morgan fingerprint density at radius 3 is 2.33 bits per heavy atom. The summed E-state index contributed by atoms with van der Waals surface area (Å²) in [5, 5.41) is 1.40. The second kappa shape index (κ2) is 4.72. The number of aromatic nitrogens is 1. The molecule has 0 bridgehead atoms. The van der Waals surface area contributed by atoms with E-state index in [1.165, 1.54) is 42.1 Å². The molecular weight excluding hydrogens is 218 g/mol. The number of rotatable bonds is 2. The van der Waals surface area contributed by atoms with E-state index in [1.54, 1.807) is 16.7 Å². The third-order valence-electron chi connectivity index (χ3n) is 4.32. The van der Waals surface area contributed by atoms with E-state index in [9.17, 15) is 0 Å². The highest BCUT2D eigenvalue weighted by atomic mass is 14.7. The summed E-state index contributed by atoms with van der Waals surface area (Å²) in [4.78, 5) is 4.67. The first-order valence-corrected chi connectivity index (χ1v) is 7.27. The zero-order valence-electron chi connectivity index (χ0n) is 11.4. The first-order valence-electron chi connectivity index (χ1n) is 7.27. The minimum absolute atomic E-state index is 1.11. The Kier molecular flexibility index (Phi) is 3.07. The number of benzene rings is 1. The maximum Gasteiger partial charge on any atom is 0.0739 e. The lowest BCUT2D eigenvalue weighted by Gasteiger charge is -2.24. The van der Waals surface area contributed by atoms with Crippen molar-refractivity contribution in [3.8, 4) is 0 Å². The average Bonchev–Trinajstić information content (AvgIpc) is 2.44. The van der Waals surface area contributed by atoms with Crippen molar-refractivity contribution in [1.29, 1.82) is 0 Å². The fourth-order valence-electron chi connectivity index (χ4n) is 3.55. The minimum Gasteiger partial charge on any atom is -0.256 e. The lowest BCUT2D eigenvalue weighted by atomic mass is 9.81. The van der Waals surface area contributed by atoms with E-state index in [0.29, 0.717) is 0 Å². The molecule has 1 nitrogen and oxygen atoms in total. The smallest absolute Gasteiger partial charge is 0.0739 e. The molecule has 0 spiro atoms. The Hall–Kier alpha value is -1.37. The van der Waals surface area contributed by atoms with Gasteiger partial charge < -0.3 is 0 Å². The Labute approximate surface area is 109 Å². The Balaban J connectivity index is 2.42. The maximum absolute atomic E-state index is 4.67. The SMILES string of the molecule is CCc1c2c(c(CC)c3ncccc13)CCCC2. The lowest BCUT2D eigenvalue weighted by Crippen LogP contribution is -2.11. The fourth-order valence-corrected chi connectivity index (χ4v) is 3.55. The zero-order valence-corrected chi connectivity index (χ0v) is 11.4. The molecule has 0 atom stereocenters. The van der Waals surface area contributed by atoms with E-state index in [4.69, 9.17) is 0 Å². The van der Waals surface area contributed by atoms with Gasteiger partial charge in [-0.1, -0.05) is 19.9 Å². The molecule has 3 rings (SSSR count). The number of pyridine rings is 1. The highest BCUT2D eigenvalue weighted by Gasteiger charge is 2.20. The molecule has 94 valence electrons. The molecule has 0 unspecified atom stereocenters. The van der Waals surface area contributed by atoms with Gasteiger partial charge in [-0.2, -0.15) is 0 Å². The van der Waals surface area contributed by atoms with Crippen molar-refractivity contribution in [3.63, 3.8) is 0 Å². The summed E-state index contributed by atoms with van der Waals surface area (Å²) in [6.07, 6.45) is 9.43. The van der Waals surface area contributed by atoms with Crippen molar-refractivity contribution in [2.45, 2.75) is 52.4 Å². The van der Waals surface area contributed by atoms with Crippen LogP contribution in [-0.2, 0) is 25.7 Å². The van der Waals surface area contributed by atoms with E-state index in [2.05, 4.69) is 31.0 Å². The summed E-state index contributed by atoms with van der Waals surface area (Å²) in [6, 6.07) is 4.34. The lowest BCUT2D eigenvalue weighted by molar-refractivity contribution is 0.675. The number of hydrogen-bond acceptors (Lipinski definition) is 1. The Morgan fingerprint density at radius 2 is 1.67 bits per heavy atom. The van der Waals surface area contributed by atoms with E-state index in [0.717, 1.165) is 12.8 Å². The first kappa shape index (κ1) is 11.7. The fraction of sp³-hybridized carbons (Fsp3) is 0.471. The van der Waals surface area contributed by atoms with Gasteiger partial charge in [0.15, 0.2) is 0 Å². The van der Waals surface area contributed by atoms with Crippen LogP contribution in [0.5, 0.6) is 0 Å². The average molecular weight is 239 g/mol. The number of fused-ring (bicyclic) bond motifs is 2. The molecule has 1 aromatic carbocycles. The van der Waals surface area contributed by atoms with Crippen LogP contribution in [0.2, 0.25) is 0 Å². The molecule has 1 heterocycles. The van der Waals surface area contributed by atoms with Gasteiger partial charge >= 0.3 is 0 Å². The van der Waals surface area contributed by atoms with Crippen LogP contribution in [-0.4, -0.2) is 4.98 Å². The van der Waals surface area contributed by atoms with E-state index >= 15 is 0 Å². The zero-order chi connectivity index (χ0) is 12.5. The van der Waals surface area contributed by atoms with Gasteiger partial charge in [0.1, 0.15) is 0 Å². The van der Waals surface area contributed by atoms with Crippen molar-refractivity contribution in [2.75, 3.05) is 0 Å². The molecule has 1 aliphatic rings. The maximum atomic E-state index is 4.67. The second-order valence-electron chi connectivity index (χ2n) is 5.23. The summed E-state index contributed by atoms with van der Waals surface area (Å²) >= 11 is 0. The van der Waals surface area contributed by atoms with Crippen molar-refractivity contribution >= 4 is 10.9 Å². The van der Waals surface area contributed by atoms with Gasteiger partial charge in [0, 0.05) is 11.6 Å². The van der Waals surface area contributed by atoms with Crippen LogP contribution in [0, 0.1) is 0 Å². The standard InChI is InChI=1S/C17H21N/c1-3-12-14-8-5-6-9-15(14)13(4-2)17-16(12)10-7-11-18-17/h7,10-11H,3-6,8-9H2,1-2H3. The summed E-state index contributed by atoms with van der Waals surface area (Å²) in [7, 11) is 0. The third-order valence-corrected chi connectivity index (χ3v) is 4.32. The van der Waals surface area contributed by atoms with Crippen LogP contribution in [0.1, 0.15) is 48.9 Å². The van der Waals surface area contributed by atoms with Gasteiger partial charge in [-0.05, 0) is 66.8 Å². The van der Waals surface area contributed by atoms with Crippen LogP contribution in [0.4, 0.5) is 0 Å². The molecule has 2 aromatic rings. The van der Waals surface area contributed by atoms with Gasteiger partial charge in [-0.25, -0.2) is 0 Å². The van der Waals surface area contributed by atoms with Gasteiger partial charge in [-0.3, -0.25) is 4.98 Å². The molecule has 0 fully saturated rings. The normalized spacial score (nSPS) is 14.8. The summed E-state index contributed by atoms with van der Waals surface area (Å²) in [5.74, 6) is 0. The molecule has 1 aliphatic carbocycles. The molecule has 1 aromatic heterocycles. The molecule has 0 radical (unpaired) electrons. The second-order valence-corrected chi connectivity index (χ2v) is 5.23. The van der Waals surface area contributed by atoms with Crippen LogP contribution >= 0.6 is 0 Å². The van der Waals surface area contributed by atoms with E-state index in [-0.39, 0.29) is 0 Å². The predicted octanol–water partition coefficient (Wildman–Crippen LogP) is 4.24. The molecule has 0 saturated heterocycles. The summed E-state index contributed by atoms with van der Waals surface area (Å²) in [6.45, 7) is 4.55. The molecule has 0 amide bonds. The third kappa shape index (κ3) is 1.65. The van der Waals surface area contributed by atoms with Crippen molar-refractivity contribution < 1.29 is 0 Å². The molecule has 0 saturated carbocycles. The summed E-state index contributed by atoms with van der Waals surface area (Å²) < 4.78 is 0. The summed E-state index contributed by atoms with van der Waals surface area (Å²) in [5.41, 5.74) is 7.62. The quantitative estimate of drug-likeness (QED) is 0.764. The largest absolute Gasteiger partial charge is 0.256 e. The Morgan fingerprint density at radius 1 is 1.00 bits per heavy atom. The molecule has 0 N–H and O–H groups in total. The molecule has 1 heteroatoms. The molecule has 0 aliphatic heterocycles. The number of nitrogens with zero attached hydrogens (tertiary/aromatic N) is 1. The highest BCUT2D eigenvalue weighted by Crippen LogP contribution is 2.34. The predicted molar refractivity (Wildman–Crippen MR) is 77.1 cm³/mol. The van der Waals surface area contributed by atoms with Crippen LogP contribution in [0.15, 0.2) is 18.3 Å². The van der Waals surface area contributed by atoms with Gasteiger partial charge in [0.25, 0.3) is 0 Å². The topological polar surface area (TPSA) is 12.9 Å². The van der Waals surface area contributed by atoms with Gasteiger partial charge in [0.2, 0.25) is 0 Å². The molecular formula is C17H21N. The van der Waals surface area contributed by atoms with Crippen molar-refractivity contribution in [3.05, 3.63) is 40.6 Å². The van der Waals surface area contributed by atoms with Crippen LogP contribution < -0.4 is 0 Å². The highest BCUT2D eigenvalue weighted by molar-refractivity contribution is 5.88. The van der Waals surface area contributed by atoms with E-state index in [1.807, 2.05) is 6.20 Å². The van der Waals surface area contributed by atoms with Gasteiger partial charge in [-0.15, -0.1) is 0 Å². The minimum atomic E-state index is 1.11. The van der Waals surface area contributed by atoms with Gasteiger partial charge in [0.05, 0.1) is 5.52 Å². The van der Waals surface area contributed by atoms with Crippen LogP contribution in [0.25, 0.3) is 10.9 Å². The number of aryl methyl sites for hydroxylation is 2. The Bertz CT molecular complexity index is 531. The molecule has 18 heavy (non-hydrogen) atoms. The van der Waals surface area contributed by atoms with E-state index < -0.39 is 0 Å². The first-order chi connectivity index (χ1) is 8.86. The van der Waals surface area contributed by atoms with Crippen molar-refractivity contribution in [2.24, 2.45) is 0 Å².